The first-order valence-electron chi connectivity index (χ1n) is 18.4. The number of nitrogens with zero attached hydrogens (tertiary/aromatic N) is 2. The van der Waals surface area contributed by atoms with Crippen LogP contribution in [0.5, 0.6) is 11.6 Å². The van der Waals surface area contributed by atoms with Crippen LogP contribution in [0.15, 0.2) is 42.6 Å². The van der Waals surface area contributed by atoms with Gasteiger partial charge >= 0.3 is 6.09 Å². The van der Waals surface area contributed by atoms with E-state index < -0.39 is 74.3 Å². The molecule has 288 valence electrons. The summed E-state index contributed by atoms with van der Waals surface area (Å²) in [6, 6.07) is 5.13. The van der Waals surface area contributed by atoms with Gasteiger partial charge in [-0.1, -0.05) is 26.0 Å². The maximum atomic E-state index is 14.7. The molecule has 1 aromatic heterocycles. The Morgan fingerprint density at radius 3 is 2.53 bits per heavy atom. The van der Waals surface area contributed by atoms with Crippen molar-refractivity contribution in [3.8, 4) is 11.6 Å². The van der Waals surface area contributed by atoms with Crippen LogP contribution in [0.25, 0.3) is 10.8 Å². The van der Waals surface area contributed by atoms with Crippen molar-refractivity contribution in [3.63, 3.8) is 0 Å². The Morgan fingerprint density at radius 1 is 1.08 bits per heavy atom. The van der Waals surface area contributed by atoms with Crippen LogP contribution >= 0.6 is 0 Å². The van der Waals surface area contributed by atoms with Crippen molar-refractivity contribution < 1.29 is 41.8 Å². The summed E-state index contributed by atoms with van der Waals surface area (Å²) in [6.45, 7) is 9.16. The van der Waals surface area contributed by atoms with E-state index in [1.54, 1.807) is 40.1 Å². The van der Waals surface area contributed by atoms with E-state index in [9.17, 15) is 27.6 Å². The van der Waals surface area contributed by atoms with Gasteiger partial charge in [-0.25, -0.2) is 18.2 Å². The SMILES string of the molecule is COc1ccc2c(O[C@@H]3C[C@H]4C(=O)N[C@]5(C(=O)NS(=O)(=O)C6CC6)C[C@H]5/C=C\CC[C@@H](C)C[C@@H](C)[C@H](NC(=O)OC(C)(C)C)C(=O)N4C3)nccc2c1. The highest BCUT2D eigenvalue weighted by atomic mass is 32.2. The van der Waals surface area contributed by atoms with E-state index in [1.807, 2.05) is 37.3 Å². The topological polar surface area (TPSA) is 182 Å². The molecule has 4 aliphatic rings. The number of ether oxygens (including phenoxy) is 3. The number of hydrogen-bond acceptors (Lipinski definition) is 10. The highest BCUT2D eigenvalue weighted by molar-refractivity contribution is 7.91. The summed E-state index contributed by atoms with van der Waals surface area (Å²) in [5.41, 5.74) is -2.32. The summed E-state index contributed by atoms with van der Waals surface area (Å²) in [4.78, 5) is 61.9. The maximum Gasteiger partial charge on any atom is 0.408 e. The fourth-order valence-corrected chi connectivity index (χ4v) is 8.80. The molecule has 6 rings (SSSR count). The number of pyridine rings is 1. The van der Waals surface area contributed by atoms with Gasteiger partial charge in [0, 0.05) is 23.9 Å². The molecule has 2 aliphatic heterocycles. The third kappa shape index (κ3) is 8.71. The molecule has 2 aromatic rings. The van der Waals surface area contributed by atoms with E-state index in [1.165, 1.54) is 4.90 Å². The number of allylic oxidation sites excluding steroid dienone is 1. The molecule has 14 nitrogen and oxygen atoms in total. The van der Waals surface area contributed by atoms with Gasteiger partial charge in [0.15, 0.2) is 0 Å². The summed E-state index contributed by atoms with van der Waals surface area (Å²) in [7, 11) is -2.32. The van der Waals surface area contributed by atoms with Crippen LogP contribution in [-0.2, 0) is 29.1 Å². The number of amides is 4. The number of fused-ring (bicyclic) bond motifs is 3. The molecule has 7 atom stereocenters. The van der Waals surface area contributed by atoms with E-state index in [0.29, 0.717) is 42.7 Å². The zero-order valence-electron chi connectivity index (χ0n) is 31.2. The zero-order chi connectivity index (χ0) is 38.3. The van der Waals surface area contributed by atoms with Gasteiger partial charge in [0.05, 0.1) is 18.9 Å². The van der Waals surface area contributed by atoms with Crippen molar-refractivity contribution in [2.24, 2.45) is 17.8 Å². The fraction of sp³-hybridized carbons (Fsp3) is 0.605. The zero-order valence-corrected chi connectivity index (χ0v) is 32.0. The second kappa shape index (κ2) is 14.8. The smallest absolute Gasteiger partial charge is 0.408 e. The van der Waals surface area contributed by atoms with Crippen LogP contribution in [0.3, 0.4) is 0 Å². The molecule has 1 aromatic carbocycles. The highest BCUT2D eigenvalue weighted by Gasteiger charge is 2.62. The first kappa shape index (κ1) is 38.3. The van der Waals surface area contributed by atoms with Gasteiger partial charge in [0.1, 0.15) is 35.1 Å². The van der Waals surface area contributed by atoms with Gasteiger partial charge in [-0.3, -0.25) is 19.1 Å². The lowest BCUT2D eigenvalue weighted by atomic mass is 9.88. The Labute approximate surface area is 310 Å². The number of carbonyl (C=O) groups is 4. The standard InChI is InChI=1S/C38H51N5O9S/c1-22-9-7-8-10-25-20-38(25,35(46)42-53(48,49)28-12-13-28)41-32(44)30-19-27(51-33-29-14-11-26(50-6)18-24(29)15-16-39-33)21-43(30)34(45)31(23(2)17-22)40-36(47)52-37(3,4)5/h8,10-11,14-16,18,22-23,25,27-28,30-31H,7,9,12-13,17,19-21H2,1-6H3,(H,40,47)(H,41,44)(H,42,46)/b10-8-/t22-,23-,25-,27-,30+,31+,38-/m1/s1. The monoisotopic (exact) mass is 753 g/mol. The van der Waals surface area contributed by atoms with Gasteiger partial charge in [-0.2, -0.15) is 0 Å². The molecule has 15 heteroatoms. The summed E-state index contributed by atoms with van der Waals surface area (Å²) >= 11 is 0. The van der Waals surface area contributed by atoms with Crippen LogP contribution in [0.4, 0.5) is 4.79 Å². The number of rotatable bonds is 7. The van der Waals surface area contributed by atoms with Crippen molar-refractivity contribution in [3.05, 3.63) is 42.6 Å². The minimum absolute atomic E-state index is 0.0154. The highest BCUT2D eigenvalue weighted by Crippen LogP contribution is 2.46. The molecule has 0 spiro atoms. The number of sulfonamides is 1. The molecule has 0 unspecified atom stereocenters. The lowest BCUT2D eigenvalue weighted by Gasteiger charge is -2.33. The van der Waals surface area contributed by atoms with Crippen LogP contribution in [-0.4, -0.2) is 90.3 Å². The minimum atomic E-state index is -3.89. The average Bonchev–Trinajstić information content (AvgIpc) is 4.01. The molecule has 3 fully saturated rings. The predicted molar refractivity (Wildman–Crippen MR) is 196 cm³/mol. The molecule has 0 bridgehead atoms. The Balaban J connectivity index is 1.34. The predicted octanol–water partition coefficient (Wildman–Crippen LogP) is 3.98. The van der Waals surface area contributed by atoms with Crippen LogP contribution in [0.1, 0.15) is 79.6 Å². The Hall–Kier alpha value is -4.40. The van der Waals surface area contributed by atoms with Crippen LogP contribution in [0.2, 0.25) is 0 Å². The van der Waals surface area contributed by atoms with E-state index in [2.05, 4.69) is 27.3 Å². The molecular formula is C38H51N5O9S. The number of carbonyl (C=O) groups excluding carboxylic acids is 4. The Morgan fingerprint density at radius 2 is 1.83 bits per heavy atom. The van der Waals surface area contributed by atoms with Gasteiger partial charge in [0.2, 0.25) is 27.7 Å². The lowest BCUT2D eigenvalue weighted by Crippen LogP contribution is -2.59. The van der Waals surface area contributed by atoms with Crippen molar-refractivity contribution in [1.29, 1.82) is 0 Å². The average molecular weight is 754 g/mol. The molecule has 3 heterocycles. The first-order chi connectivity index (χ1) is 25.0. The lowest BCUT2D eigenvalue weighted by molar-refractivity contribution is -0.142. The van der Waals surface area contributed by atoms with E-state index in [0.717, 1.165) is 11.8 Å². The first-order valence-corrected chi connectivity index (χ1v) is 20.0. The van der Waals surface area contributed by atoms with Crippen molar-refractivity contribution in [2.75, 3.05) is 13.7 Å². The second-order valence-corrected chi connectivity index (χ2v) is 18.0. The second-order valence-electron chi connectivity index (χ2n) is 16.1. The molecule has 0 radical (unpaired) electrons. The molecule has 4 amide bonds. The molecule has 2 saturated carbocycles. The molecular weight excluding hydrogens is 703 g/mol. The third-order valence-corrected chi connectivity index (χ3v) is 12.3. The fourth-order valence-electron chi connectivity index (χ4n) is 7.44. The number of hydrogen-bond donors (Lipinski definition) is 3. The summed E-state index contributed by atoms with van der Waals surface area (Å²) in [5, 5.41) is 6.59. The molecule has 2 aliphatic carbocycles. The quantitative estimate of drug-likeness (QED) is 0.350. The largest absolute Gasteiger partial charge is 0.497 e. The van der Waals surface area contributed by atoms with Gasteiger partial charge in [0.25, 0.3) is 5.91 Å². The Bertz CT molecular complexity index is 1890. The normalized spacial score (nSPS) is 30.1. The molecule has 1 saturated heterocycles. The van der Waals surface area contributed by atoms with Crippen molar-refractivity contribution in [2.45, 2.75) is 114 Å². The van der Waals surface area contributed by atoms with E-state index >= 15 is 0 Å². The maximum absolute atomic E-state index is 14.7. The number of alkyl carbamates (subject to hydrolysis) is 1. The minimum Gasteiger partial charge on any atom is -0.497 e. The van der Waals surface area contributed by atoms with E-state index in [4.69, 9.17) is 14.2 Å². The van der Waals surface area contributed by atoms with E-state index in [-0.39, 0.29) is 31.2 Å². The number of aromatic nitrogens is 1. The van der Waals surface area contributed by atoms with Gasteiger partial charge in [-0.15, -0.1) is 0 Å². The van der Waals surface area contributed by atoms with Crippen molar-refractivity contribution in [1.82, 2.24) is 25.2 Å². The molecule has 3 N–H and O–H groups in total. The summed E-state index contributed by atoms with van der Waals surface area (Å²) < 4.78 is 45.3. The number of methoxy groups -OCH3 is 1. The number of benzene rings is 1. The van der Waals surface area contributed by atoms with Gasteiger partial charge < -0.3 is 29.7 Å². The van der Waals surface area contributed by atoms with Crippen LogP contribution in [0, 0.1) is 17.8 Å². The summed E-state index contributed by atoms with van der Waals surface area (Å²) in [6.07, 6.45) is 7.24. The third-order valence-electron chi connectivity index (χ3n) is 10.5. The summed E-state index contributed by atoms with van der Waals surface area (Å²) in [5.74, 6) is -1.55. The Kier molecular flexibility index (Phi) is 10.7. The van der Waals surface area contributed by atoms with Crippen molar-refractivity contribution >= 4 is 44.6 Å². The number of nitrogens with one attached hydrogen (secondary N) is 3. The molecule has 53 heavy (non-hydrogen) atoms. The van der Waals surface area contributed by atoms with Gasteiger partial charge in [-0.05, 0) is 101 Å². The van der Waals surface area contributed by atoms with Crippen LogP contribution < -0.4 is 24.8 Å².